The van der Waals surface area contributed by atoms with Crippen molar-refractivity contribution in [2.24, 2.45) is 0 Å². The average molecular weight is 330 g/mol. The van der Waals surface area contributed by atoms with Gasteiger partial charge in [0.2, 0.25) is 5.91 Å². The van der Waals surface area contributed by atoms with Crippen molar-refractivity contribution in [3.8, 4) is 0 Å². The first-order valence-corrected chi connectivity index (χ1v) is 8.05. The molecule has 1 heterocycles. The van der Waals surface area contributed by atoms with Crippen LogP contribution >= 0.6 is 23.4 Å². The molecule has 8 heteroatoms. The third-order valence-corrected chi connectivity index (χ3v) is 4.84. The minimum absolute atomic E-state index is 0.0174. The van der Waals surface area contributed by atoms with Crippen LogP contribution < -0.4 is 10.6 Å². The molecular formula is C13H16ClN3O3S. The average Bonchev–Trinajstić information content (AvgIpc) is 2.46. The number of halogens is 1. The molecule has 21 heavy (non-hydrogen) atoms. The first-order valence-electron chi connectivity index (χ1n) is 6.62. The number of nitrogens with zero attached hydrogens (tertiary/aromatic N) is 1. The van der Waals surface area contributed by atoms with E-state index >= 15 is 0 Å². The molecule has 2 rings (SSSR count). The van der Waals surface area contributed by atoms with Crippen molar-refractivity contribution in [1.82, 2.24) is 5.32 Å². The van der Waals surface area contributed by atoms with E-state index in [4.69, 9.17) is 11.6 Å². The van der Waals surface area contributed by atoms with Gasteiger partial charge in [0.05, 0.1) is 10.7 Å². The minimum Gasteiger partial charge on any atom is -0.325 e. The number of anilines is 1. The number of nitro benzene ring substituents is 1. The van der Waals surface area contributed by atoms with E-state index in [1.54, 1.807) is 11.8 Å². The predicted octanol–water partition coefficient (Wildman–Crippen LogP) is 2.67. The van der Waals surface area contributed by atoms with Crippen molar-refractivity contribution in [3.05, 3.63) is 33.3 Å². The van der Waals surface area contributed by atoms with Crippen LogP contribution in [0, 0.1) is 10.1 Å². The van der Waals surface area contributed by atoms with Crippen molar-refractivity contribution in [2.75, 3.05) is 24.2 Å². The van der Waals surface area contributed by atoms with Crippen molar-refractivity contribution < 1.29 is 9.72 Å². The van der Waals surface area contributed by atoms with Gasteiger partial charge in [-0.05, 0) is 38.1 Å². The fourth-order valence-corrected chi connectivity index (χ4v) is 3.36. The van der Waals surface area contributed by atoms with E-state index < -0.39 is 4.92 Å². The second-order valence-corrected chi connectivity index (χ2v) is 6.43. The molecule has 1 amide bonds. The number of amides is 1. The molecule has 0 saturated carbocycles. The zero-order valence-electron chi connectivity index (χ0n) is 11.3. The topological polar surface area (TPSA) is 84.3 Å². The molecule has 1 aliphatic heterocycles. The lowest BCUT2D eigenvalue weighted by Gasteiger charge is -2.21. The van der Waals surface area contributed by atoms with Crippen LogP contribution in [0.4, 0.5) is 11.4 Å². The molecule has 0 spiro atoms. The number of nitrogens with one attached hydrogen (secondary N) is 2. The number of carbonyl (C=O) groups is 1. The Morgan fingerprint density at radius 3 is 2.81 bits per heavy atom. The number of piperidine rings is 1. The number of rotatable bonds is 5. The normalized spacial score (nSPS) is 15.7. The second kappa shape index (κ2) is 7.63. The van der Waals surface area contributed by atoms with Crippen LogP contribution in [0.3, 0.4) is 0 Å². The van der Waals surface area contributed by atoms with Gasteiger partial charge in [-0.1, -0.05) is 11.6 Å². The largest absolute Gasteiger partial charge is 0.325 e. The van der Waals surface area contributed by atoms with Crippen molar-refractivity contribution >= 4 is 40.6 Å². The standard InChI is InChI=1S/C13H16ClN3O3S/c14-11-7-9(1-2-12(11)17(19)20)16-13(18)8-21-10-3-5-15-6-4-10/h1-2,7,10,15H,3-6,8H2,(H,16,18). The SMILES string of the molecule is O=C(CSC1CCNCC1)Nc1ccc([N+](=O)[O-])c(Cl)c1. The molecular weight excluding hydrogens is 314 g/mol. The van der Waals surface area contributed by atoms with Crippen LogP contribution in [0.5, 0.6) is 0 Å². The molecule has 1 fully saturated rings. The zero-order valence-corrected chi connectivity index (χ0v) is 12.9. The summed E-state index contributed by atoms with van der Waals surface area (Å²) in [5.41, 5.74) is 0.306. The Morgan fingerprint density at radius 2 is 2.19 bits per heavy atom. The highest BCUT2D eigenvalue weighted by atomic mass is 35.5. The number of thioether (sulfide) groups is 1. The van der Waals surface area contributed by atoms with Gasteiger partial charge in [0.25, 0.3) is 5.69 Å². The van der Waals surface area contributed by atoms with E-state index in [0.717, 1.165) is 25.9 Å². The smallest absolute Gasteiger partial charge is 0.288 e. The van der Waals surface area contributed by atoms with Crippen LogP contribution in [-0.2, 0) is 4.79 Å². The zero-order chi connectivity index (χ0) is 15.2. The molecule has 0 aromatic heterocycles. The van der Waals surface area contributed by atoms with E-state index in [9.17, 15) is 14.9 Å². The summed E-state index contributed by atoms with van der Waals surface area (Å²) in [6, 6.07) is 4.17. The number of benzene rings is 1. The van der Waals surface area contributed by atoms with Gasteiger partial charge >= 0.3 is 0 Å². The van der Waals surface area contributed by atoms with Gasteiger partial charge in [0.15, 0.2) is 0 Å². The Hall–Kier alpha value is -1.31. The van der Waals surface area contributed by atoms with Gasteiger partial charge in [-0.2, -0.15) is 0 Å². The molecule has 114 valence electrons. The molecule has 1 aromatic rings. The highest BCUT2D eigenvalue weighted by Crippen LogP contribution is 2.27. The fraction of sp³-hybridized carbons (Fsp3) is 0.462. The minimum atomic E-state index is -0.555. The second-order valence-electron chi connectivity index (χ2n) is 4.73. The number of carbonyl (C=O) groups excluding carboxylic acids is 1. The van der Waals surface area contributed by atoms with E-state index in [-0.39, 0.29) is 16.6 Å². The molecule has 6 nitrogen and oxygen atoms in total. The quantitative estimate of drug-likeness (QED) is 0.641. The highest BCUT2D eigenvalue weighted by molar-refractivity contribution is 8.00. The van der Waals surface area contributed by atoms with Gasteiger partial charge in [0, 0.05) is 17.0 Å². The van der Waals surface area contributed by atoms with Gasteiger partial charge in [-0.25, -0.2) is 0 Å². The lowest BCUT2D eigenvalue weighted by atomic mass is 10.2. The number of hydrogen-bond donors (Lipinski definition) is 2. The Bertz CT molecular complexity index is 535. The lowest BCUT2D eigenvalue weighted by Crippen LogP contribution is -2.30. The molecule has 0 radical (unpaired) electrons. The molecule has 0 bridgehead atoms. The van der Waals surface area contributed by atoms with E-state index in [1.807, 2.05) is 0 Å². The van der Waals surface area contributed by atoms with Gasteiger partial charge < -0.3 is 10.6 Å². The van der Waals surface area contributed by atoms with E-state index in [2.05, 4.69) is 10.6 Å². The van der Waals surface area contributed by atoms with Crippen LogP contribution in [0.2, 0.25) is 5.02 Å². The first kappa shape index (κ1) is 16.1. The Balaban J connectivity index is 1.84. The summed E-state index contributed by atoms with van der Waals surface area (Å²) in [5.74, 6) is 0.252. The third kappa shape index (κ3) is 4.87. The van der Waals surface area contributed by atoms with Crippen molar-refractivity contribution in [1.29, 1.82) is 0 Å². The molecule has 1 saturated heterocycles. The van der Waals surface area contributed by atoms with E-state index in [1.165, 1.54) is 18.2 Å². The summed E-state index contributed by atoms with van der Waals surface area (Å²) in [6.45, 7) is 1.99. The Labute approximate surface area is 131 Å². The summed E-state index contributed by atoms with van der Waals surface area (Å²) >= 11 is 7.45. The molecule has 0 aliphatic carbocycles. The Kier molecular flexibility index (Phi) is 5.84. The molecule has 0 unspecified atom stereocenters. The molecule has 1 aromatic carbocycles. The summed E-state index contributed by atoms with van der Waals surface area (Å²) in [7, 11) is 0. The summed E-state index contributed by atoms with van der Waals surface area (Å²) in [6.07, 6.45) is 2.14. The number of nitro groups is 1. The first-order chi connectivity index (χ1) is 10.1. The van der Waals surface area contributed by atoms with Crippen molar-refractivity contribution in [3.63, 3.8) is 0 Å². The Morgan fingerprint density at radius 1 is 1.48 bits per heavy atom. The lowest BCUT2D eigenvalue weighted by molar-refractivity contribution is -0.384. The van der Waals surface area contributed by atoms with Crippen LogP contribution in [0.1, 0.15) is 12.8 Å². The third-order valence-electron chi connectivity index (χ3n) is 3.16. The monoisotopic (exact) mass is 329 g/mol. The number of hydrogen-bond acceptors (Lipinski definition) is 5. The van der Waals surface area contributed by atoms with Crippen LogP contribution in [0.25, 0.3) is 0 Å². The van der Waals surface area contributed by atoms with Gasteiger partial charge in [0.1, 0.15) is 5.02 Å². The molecule has 1 aliphatic rings. The summed E-state index contributed by atoms with van der Waals surface area (Å²) in [4.78, 5) is 22.0. The van der Waals surface area contributed by atoms with Gasteiger partial charge in [-0.3, -0.25) is 14.9 Å². The maximum Gasteiger partial charge on any atom is 0.288 e. The van der Waals surface area contributed by atoms with Crippen LogP contribution in [0.15, 0.2) is 18.2 Å². The fourth-order valence-electron chi connectivity index (χ4n) is 2.09. The maximum absolute atomic E-state index is 11.9. The van der Waals surface area contributed by atoms with Crippen molar-refractivity contribution in [2.45, 2.75) is 18.1 Å². The molecule has 0 atom stereocenters. The van der Waals surface area contributed by atoms with E-state index in [0.29, 0.717) is 16.7 Å². The summed E-state index contributed by atoms with van der Waals surface area (Å²) < 4.78 is 0. The highest BCUT2D eigenvalue weighted by Gasteiger charge is 2.16. The maximum atomic E-state index is 11.9. The predicted molar refractivity (Wildman–Crippen MR) is 85.1 cm³/mol. The van der Waals surface area contributed by atoms with Gasteiger partial charge in [-0.15, -0.1) is 11.8 Å². The van der Waals surface area contributed by atoms with Crippen LogP contribution in [-0.4, -0.2) is 34.9 Å². The summed E-state index contributed by atoms with van der Waals surface area (Å²) in [5, 5.41) is 17.2. The molecule has 2 N–H and O–H groups in total.